The average Bonchev–Trinajstić information content (AvgIpc) is 2.85. The molecule has 1 heterocycles. The van der Waals surface area contributed by atoms with E-state index >= 15 is 0 Å². The molecule has 3 rings (SSSR count). The summed E-state index contributed by atoms with van der Waals surface area (Å²) in [6.45, 7) is 9.71. The van der Waals surface area contributed by atoms with Gasteiger partial charge in [0.1, 0.15) is 23.8 Å². The molecule has 0 aliphatic carbocycles. The van der Waals surface area contributed by atoms with Gasteiger partial charge in [-0.05, 0) is 53.2 Å². The number of hydrogen-bond acceptors (Lipinski definition) is 7. The highest BCUT2D eigenvalue weighted by atomic mass is 16.6. The van der Waals surface area contributed by atoms with Crippen LogP contribution in [0.4, 0.5) is 0 Å². The zero-order valence-electron chi connectivity index (χ0n) is 23.9. The standard InChI is InChI=1S/C31H37N3O6/c1-30(2,3)39-27(36)19-25(29(38)40-31(4,5)6)32-26(35)20-34-28(37)23(17-21-13-9-7-10-14-21)18-24(33-34)22-15-11-8-12-16-22/h7-16,18,25H,17,19-20H2,1-6H3,(H,32,35)/t25-/m0/s1. The van der Waals surface area contributed by atoms with Gasteiger partial charge in [0.2, 0.25) is 5.91 Å². The van der Waals surface area contributed by atoms with Crippen molar-refractivity contribution in [1.29, 1.82) is 0 Å². The molecule has 9 heteroatoms. The lowest BCUT2D eigenvalue weighted by molar-refractivity contribution is -0.165. The molecule has 0 unspecified atom stereocenters. The Kier molecular flexibility index (Phi) is 9.63. The van der Waals surface area contributed by atoms with Crippen LogP contribution in [0.1, 0.15) is 59.1 Å². The fraction of sp³-hybridized carbons (Fsp3) is 0.387. The molecule has 1 atom stereocenters. The molecule has 40 heavy (non-hydrogen) atoms. The minimum absolute atomic E-state index is 0.350. The molecule has 0 aliphatic heterocycles. The summed E-state index contributed by atoms with van der Waals surface area (Å²) in [6.07, 6.45) is -0.0770. The lowest BCUT2D eigenvalue weighted by atomic mass is 10.0. The van der Waals surface area contributed by atoms with E-state index in [0.717, 1.165) is 15.8 Å². The molecule has 0 saturated heterocycles. The second kappa shape index (κ2) is 12.7. The van der Waals surface area contributed by atoms with Crippen LogP contribution < -0.4 is 10.9 Å². The third-order valence-corrected chi connectivity index (χ3v) is 5.47. The van der Waals surface area contributed by atoms with Gasteiger partial charge in [0, 0.05) is 17.5 Å². The van der Waals surface area contributed by atoms with Gasteiger partial charge in [0.25, 0.3) is 5.56 Å². The van der Waals surface area contributed by atoms with Gasteiger partial charge in [-0.3, -0.25) is 14.4 Å². The maximum absolute atomic E-state index is 13.4. The molecule has 0 aliphatic rings. The summed E-state index contributed by atoms with van der Waals surface area (Å²) in [5, 5.41) is 6.99. The predicted molar refractivity (Wildman–Crippen MR) is 151 cm³/mol. The monoisotopic (exact) mass is 547 g/mol. The first-order valence-corrected chi connectivity index (χ1v) is 13.1. The molecule has 3 aromatic rings. The number of hydrogen-bond donors (Lipinski definition) is 1. The van der Waals surface area contributed by atoms with Crippen molar-refractivity contribution >= 4 is 17.8 Å². The lowest BCUT2D eigenvalue weighted by Gasteiger charge is -2.25. The summed E-state index contributed by atoms with van der Waals surface area (Å²) in [4.78, 5) is 51.9. The van der Waals surface area contributed by atoms with Crippen molar-refractivity contribution in [1.82, 2.24) is 15.1 Å². The summed E-state index contributed by atoms with van der Waals surface area (Å²) < 4.78 is 11.8. The summed E-state index contributed by atoms with van der Waals surface area (Å²) in [5.41, 5.74) is 0.652. The van der Waals surface area contributed by atoms with Crippen molar-refractivity contribution in [2.24, 2.45) is 0 Å². The van der Waals surface area contributed by atoms with E-state index in [4.69, 9.17) is 9.47 Å². The van der Waals surface area contributed by atoms with Gasteiger partial charge in [-0.1, -0.05) is 60.7 Å². The molecule has 2 aromatic carbocycles. The number of nitrogens with zero attached hydrogens (tertiary/aromatic N) is 2. The quantitative estimate of drug-likeness (QED) is 0.402. The first kappa shape index (κ1) is 30.3. The van der Waals surface area contributed by atoms with Crippen molar-refractivity contribution in [2.75, 3.05) is 0 Å². The van der Waals surface area contributed by atoms with Crippen LogP contribution in [0.25, 0.3) is 11.3 Å². The van der Waals surface area contributed by atoms with Crippen LogP contribution in [0.3, 0.4) is 0 Å². The number of ether oxygens (including phenoxy) is 2. The van der Waals surface area contributed by atoms with E-state index in [1.165, 1.54) is 0 Å². The number of amides is 1. The number of benzene rings is 2. The van der Waals surface area contributed by atoms with Gasteiger partial charge in [0.05, 0.1) is 12.1 Å². The first-order chi connectivity index (χ1) is 18.7. The number of aromatic nitrogens is 2. The Balaban J connectivity index is 1.90. The van der Waals surface area contributed by atoms with Crippen molar-refractivity contribution in [3.05, 3.63) is 88.2 Å². The Morgan fingerprint density at radius 1 is 0.875 bits per heavy atom. The number of carbonyl (C=O) groups is 3. The fourth-order valence-electron chi connectivity index (χ4n) is 3.89. The normalized spacial score (nSPS) is 12.3. The van der Waals surface area contributed by atoms with Crippen LogP contribution in [-0.2, 0) is 36.8 Å². The lowest BCUT2D eigenvalue weighted by Crippen LogP contribution is -2.47. The first-order valence-electron chi connectivity index (χ1n) is 13.1. The molecule has 0 saturated carbocycles. The Morgan fingerprint density at radius 2 is 1.45 bits per heavy atom. The van der Waals surface area contributed by atoms with Crippen molar-refractivity contribution < 1.29 is 23.9 Å². The van der Waals surface area contributed by atoms with Gasteiger partial charge in [-0.25, -0.2) is 9.48 Å². The van der Waals surface area contributed by atoms with Crippen LogP contribution in [0.15, 0.2) is 71.5 Å². The maximum Gasteiger partial charge on any atom is 0.329 e. The van der Waals surface area contributed by atoms with Crippen LogP contribution in [-0.4, -0.2) is 44.9 Å². The second-order valence-corrected chi connectivity index (χ2v) is 11.5. The van der Waals surface area contributed by atoms with Crippen molar-refractivity contribution in [3.63, 3.8) is 0 Å². The third kappa shape index (κ3) is 9.48. The van der Waals surface area contributed by atoms with Gasteiger partial charge in [0.15, 0.2) is 0 Å². The smallest absolute Gasteiger partial charge is 0.329 e. The van der Waals surface area contributed by atoms with Gasteiger partial charge >= 0.3 is 11.9 Å². The van der Waals surface area contributed by atoms with Crippen LogP contribution in [0, 0.1) is 0 Å². The average molecular weight is 548 g/mol. The summed E-state index contributed by atoms with van der Waals surface area (Å²) in [7, 11) is 0. The molecular weight excluding hydrogens is 510 g/mol. The number of carbonyl (C=O) groups excluding carboxylic acids is 3. The SMILES string of the molecule is CC(C)(C)OC(=O)C[C@H](NC(=O)Cn1nc(-c2ccccc2)cc(Cc2ccccc2)c1=O)C(=O)OC(C)(C)C. The fourth-order valence-corrected chi connectivity index (χ4v) is 3.89. The molecule has 1 N–H and O–H groups in total. The number of esters is 2. The third-order valence-electron chi connectivity index (χ3n) is 5.47. The minimum Gasteiger partial charge on any atom is -0.460 e. The van der Waals surface area contributed by atoms with E-state index in [9.17, 15) is 19.2 Å². The van der Waals surface area contributed by atoms with Crippen LogP contribution in [0.2, 0.25) is 0 Å². The molecule has 0 fully saturated rings. The highest BCUT2D eigenvalue weighted by Crippen LogP contribution is 2.18. The van der Waals surface area contributed by atoms with Gasteiger partial charge < -0.3 is 14.8 Å². The van der Waals surface area contributed by atoms with E-state index < -0.39 is 53.6 Å². The van der Waals surface area contributed by atoms with E-state index in [-0.39, 0.29) is 0 Å². The van der Waals surface area contributed by atoms with E-state index in [1.807, 2.05) is 60.7 Å². The maximum atomic E-state index is 13.4. The highest BCUT2D eigenvalue weighted by Gasteiger charge is 2.31. The summed E-state index contributed by atoms with van der Waals surface area (Å²) >= 11 is 0. The Bertz CT molecular complexity index is 1390. The Labute approximate surface area is 234 Å². The van der Waals surface area contributed by atoms with Gasteiger partial charge in [-0.2, -0.15) is 5.10 Å². The number of nitrogens with one attached hydrogen (secondary N) is 1. The van der Waals surface area contributed by atoms with E-state index in [2.05, 4.69) is 10.4 Å². The molecule has 212 valence electrons. The van der Waals surface area contributed by atoms with Gasteiger partial charge in [-0.15, -0.1) is 0 Å². The summed E-state index contributed by atoms with van der Waals surface area (Å²) in [5.74, 6) is -2.13. The molecule has 0 radical (unpaired) electrons. The van der Waals surface area contributed by atoms with Crippen molar-refractivity contribution in [2.45, 2.75) is 78.2 Å². The molecule has 1 aromatic heterocycles. The number of rotatable bonds is 9. The van der Waals surface area contributed by atoms with E-state index in [1.54, 1.807) is 47.6 Å². The van der Waals surface area contributed by atoms with Crippen LogP contribution in [0.5, 0.6) is 0 Å². The predicted octanol–water partition coefficient (Wildman–Crippen LogP) is 4.06. The minimum atomic E-state index is -1.31. The molecule has 1 amide bonds. The van der Waals surface area contributed by atoms with E-state index in [0.29, 0.717) is 17.7 Å². The molecule has 0 bridgehead atoms. The van der Waals surface area contributed by atoms with Crippen LogP contribution >= 0.6 is 0 Å². The molecular formula is C31H37N3O6. The largest absolute Gasteiger partial charge is 0.460 e. The molecule has 9 nitrogen and oxygen atoms in total. The second-order valence-electron chi connectivity index (χ2n) is 11.5. The molecule has 0 spiro atoms. The zero-order valence-corrected chi connectivity index (χ0v) is 23.9. The zero-order chi connectivity index (χ0) is 29.5. The highest BCUT2D eigenvalue weighted by molar-refractivity contribution is 5.88. The Hall–Kier alpha value is -4.27. The summed E-state index contributed by atoms with van der Waals surface area (Å²) in [6, 6.07) is 19.3. The Morgan fingerprint density at radius 3 is 2.02 bits per heavy atom. The topological polar surface area (TPSA) is 117 Å². The van der Waals surface area contributed by atoms with Crippen molar-refractivity contribution in [3.8, 4) is 11.3 Å².